The highest BCUT2D eigenvalue weighted by Crippen LogP contribution is 2.30. The number of rotatable bonds is 5. The van der Waals surface area contributed by atoms with Crippen LogP contribution in [0.5, 0.6) is 5.75 Å². The molecule has 1 fully saturated rings. The molecule has 1 aromatic heterocycles. The van der Waals surface area contributed by atoms with Gasteiger partial charge in [-0.1, -0.05) is 29.5 Å². The van der Waals surface area contributed by atoms with Crippen molar-refractivity contribution in [3.63, 3.8) is 0 Å². The maximum Gasteiger partial charge on any atom is 0.255 e. The first-order valence-electron chi connectivity index (χ1n) is 8.93. The summed E-state index contributed by atoms with van der Waals surface area (Å²) in [5, 5.41) is 3.41. The summed E-state index contributed by atoms with van der Waals surface area (Å²) in [7, 11) is 0. The summed E-state index contributed by atoms with van der Waals surface area (Å²) in [6, 6.07) is 14.2. The van der Waals surface area contributed by atoms with Crippen molar-refractivity contribution in [2.45, 2.75) is 13.0 Å². The molecule has 1 unspecified atom stereocenters. The molecule has 4 rings (SSSR count). The van der Waals surface area contributed by atoms with Gasteiger partial charge in [-0.25, -0.2) is 4.98 Å². The van der Waals surface area contributed by atoms with E-state index in [1.165, 1.54) is 11.3 Å². The Hall–Kier alpha value is -2.58. The average Bonchev–Trinajstić information content (AvgIpc) is 3.34. The Morgan fingerprint density at radius 3 is 2.86 bits per heavy atom. The summed E-state index contributed by atoms with van der Waals surface area (Å²) in [6.07, 6.45) is 0. The fourth-order valence-corrected chi connectivity index (χ4v) is 5.06. The molecule has 8 heteroatoms. The van der Waals surface area contributed by atoms with Crippen LogP contribution in [-0.4, -0.2) is 46.0 Å². The summed E-state index contributed by atoms with van der Waals surface area (Å²) in [4.78, 5) is 31.7. The average molecular weight is 414 g/mol. The van der Waals surface area contributed by atoms with Gasteiger partial charge in [-0.15, -0.1) is 11.8 Å². The van der Waals surface area contributed by atoms with E-state index in [1.807, 2.05) is 43.3 Å². The number of fused-ring (bicyclic) bond motifs is 1. The molecule has 1 atom stereocenters. The number of carbonyl (C=O) groups excluding carboxylic acids is 2. The van der Waals surface area contributed by atoms with Crippen LogP contribution in [0.15, 0.2) is 48.5 Å². The van der Waals surface area contributed by atoms with Gasteiger partial charge in [0.2, 0.25) is 5.91 Å². The Balaban J connectivity index is 1.49. The number of hydrogen-bond donors (Lipinski definition) is 1. The molecule has 2 aromatic carbocycles. The van der Waals surface area contributed by atoms with Crippen LogP contribution < -0.4 is 10.1 Å². The summed E-state index contributed by atoms with van der Waals surface area (Å²) < 4.78 is 6.46. The SMILES string of the molecule is CCOc1ccc2nc(NC(=O)C3CSCN3C(=O)c3ccccc3)sc2c1. The van der Waals surface area contributed by atoms with Gasteiger partial charge < -0.3 is 15.0 Å². The topological polar surface area (TPSA) is 71.5 Å². The zero-order valence-electron chi connectivity index (χ0n) is 15.3. The summed E-state index contributed by atoms with van der Waals surface area (Å²) in [6.45, 7) is 2.53. The third kappa shape index (κ3) is 3.83. The number of amides is 2. The minimum absolute atomic E-state index is 0.128. The van der Waals surface area contributed by atoms with Crippen LogP contribution in [0, 0.1) is 0 Å². The first-order valence-corrected chi connectivity index (χ1v) is 10.9. The lowest BCUT2D eigenvalue weighted by Crippen LogP contribution is -2.44. The Morgan fingerprint density at radius 1 is 1.25 bits per heavy atom. The molecule has 0 spiro atoms. The van der Waals surface area contributed by atoms with Crippen LogP contribution in [0.2, 0.25) is 0 Å². The Morgan fingerprint density at radius 2 is 2.07 bits per heavy atom. The maximum absolute atomic E-state index is 12.8. The first kappa shape index (κ1) is 18.8. The number of benzene rings is 2. The molecule has 6 nitrogen and oxygen atoms in total. The number of nitrogens with zero attached hydrogens (tertiary/aromatic N) is 2. The molecule has 0 saturated carbocycles. The van der Waals surface area contributed by atoms with E-state index in [4.69, 9.17) is 4.74 Å². The summed E-state index contributed by atoms with van der Waals surface area (Å²) in [5.74, 6) is 1.52. The van der Waals surface area contributed by atoms with E-state index in [0.29, 0.717) is 28.9 Å². The van der Waals surface area contributed by atoms with Crippen molar-refractivity contribution >= 4 is 50.3 Å². The zero-order chi connectivity index (χ0) is 19.5. The van der Waals surface area contributed by atoms with Gasteiger partial charge in [0.25, 0.3) is 5.91 Å². The second kappa shape index (κ2) is 8.20. The van der Waals surface area contributed by atoms with E-state index in [9.17, 15) is 9.59 Å². The van der Waals surface area contributed by atoms with Crippen molar-refractivity contribution in [2.24, 2.45) is 0 Å². The molecule has 1 aliphatic rings. The molecular formula is C20H19N3O3S2. The molecule has 1 aliphatic heterocycles. The monoisotopic (exact) mass is 413 g/mol. The molecule has 3 aromatic rings. The zero-order valence-corrected chi connectivity index (χ0v) is 16.9. The van der Waals surface area contributed by atoms with E-state index in [0.717, 1.165) is 16.0 Å². The van der Waals surface area contributed by atoms with Crippen LogP contribution in [-0.2, 0) is 4.79 Å². The van der Waals surface area contributed by atoms with E-state index in [2.05, 4.69) is 10.3 Å². The third-order valence-corrected chi connectivity index (χ3v) is 6.31. The van der Waals surface area contributed by atoms with Crippen LogP contribution in [0.4, 0.5) is 5.13 Å². The molecule has 0 aliphatic carbocycles. The summed E-state index contributed by atoms with van der Waals surface area (Å²) in [5.41, 5.74) is 1.40. The fraction of sp³-hybridized carbons (Fsp3) is 0.250. The highest BCUT2D eigenvalue weighted by atomic mass is 32.2. The number of hydrogen-bond acceptors (Lipinski definition) is 6. The van der Waals surface area contributed by atoms with Gasteiger partial charge in [-0.2, -0.15) is 0 Å². The standard InChI is InChI=1S/C20H19N3O3S2/c1-2-26-14-8-9-15-17(10-14)28-20(21-15)22-18(24)16-11-27-12-23(16)19(25)13-6-4-3-5-7-13/h3-10,16H,2,11-12H2,1H3,(H,21,22,24). The van der Waals surface area contributed by atoms with Crippen molar-refractivity contribution in [3.8, 4) is 5.75 Å². The number of thiazole rings is 1. The minimum Gasteiger partial charge on any atom is -0.494 e. The van der Waals surface area contributed by atoms with Gasteiger partial charge in [0, 0.05) is 11.3 Å². The van der Waals surface area contributed by atoms with Crippen molar-refractivity contribution in [3.05, 3.63) is 54.1 Å². The highest BCUT2D eigenvalue weighted by molar-refractivity contribution is 7.99. The van der Waals surface area contributed by atoms with Crippen molar-refractivity contribution < 1.29 is 14.3 Å². The van der Waals surface area contributed by atoms with Crippen LogP contribution in [0.25, 0.3) is 10.2 Å². The van der Waals surface area contributed by atoms with Crippen LogP contribution in [0.1, 0.15) is 17.3 Å². The summed E-state index contributed by atoms with van der Waals surface area (Å²) >= 11 is 2.97. The van der Waals surface area contributed by atoms with Gasteiger partial charge >= 0.3 is 0 Å². The molecule has 28 heavy (non-hydrogen) atoms. The lowest BCUT2D eigenvalue weighted by molar-refractivity contribution is -0.119. The van der Waals surface area contributed by atoms with Gasteiger partial charge in [0.1, 0.15) is 11.8 Å². The van der Waals surface area contributed by atoms with Crippen molar-refractivity contribution in [2.75, 3.05) is 23.6 Å². The van der Waals surface area contributed by atoms with Gasteiger partial charge in [-0.05, 0) is 37.3 Å². The van der Waals surface area contributed by atoms with E-state index < -0.39 is 6.04 Å². The molecule has 1 N–H and O–H groups in total. The maximum atomic E-state index is 12.8. The number of aromatic nitrogens is 1. The normalized spacial score (nSPS) is 16.3. The lowest BCUT2D eigenvalue weighted by Gasteiger charge is -2.22. The van der Waals surface area contributed by atoms with E-state index in [-0.39, 0.29) is 11.8 Å². The molecule has 144 valence electrons. The minimum atomic E-state index is -0.510. The quantitative estimate of drug-likeness (QED) is 0.688. The highest BCUT2D eigenvalue weighted by Gasteiger charge is 2.35. The molecule has 0 bridgehead atoms. The molecule has 2 heterocycles. The van der Waals surface area contributed by atoms with E-state index in [1.54, 1.807) is 28.8 Å². The Labute approximate surface area is 170 Å². The Kier molecular flexibility index (Phi) is 5.50. The number of ether oxygens (including phenoxy) is 1. The fourth-order valence-electron chi connectivity index (χ4n) is 3.01. The predicted octanol–water partition coefficient (Wildman–Crippen LogP) is 3.85. The van der Waals surface area contributed by atoms with Crippen molar-refractivity contribution in [1.29, 1.82) is 0 Å². The molecule has 1 saturated heterocycles. The number of thioether (sulfide) groups is 1. The smallest absolute Gasteiger partial charge is 0.255 e. The van der Waals surface area contributed by atoms with Crippen LogP contribution >= 0.6 is 23.1 Å². The lowest BCUT2D eigenvalue weighted by atomic mass is 10.1. The molecular weight excluding hydrogens is 394 g/mol. The largest absolute Gasteiger partial charge is 0.494 e. The second-order valence-electron chi connectivity index (χ2n) is 6.23. The third-order valence-electron chi connectivity index (χ3n) is 4.37. The van der Waals surface area contributed by atoms with Crippen LogP contribution in [0.3, 0.4) is 0 Å². The molecule has 0 radical (unpaired) electrons. The van der Waals surface area contributed by atoms with Crippen molar-refractivity contribution in [1.82, 2.24) is 9.88 Å². The number of nitrogens with one attached hydrogen (secondary N) is 1. The second-order valence-corrected chi connectivity index (χ2v) is 8.26. The van der Waals surface area contributed by atoms with E-state index >= 15 is 0 Å². The van der Waals surface area contributed by atoms with Gasteiger partial charge in [0.05, 0.1) is 22.7 Å². The molecule has 2 amide bonds. The predicted molar refractivity (Wildman–Crippen MR) is 113 cm³/mol. The van der Waals surface area contributed by atoms with Gasteiger partial charge in [0.15, 0.2) is 5.13 Å². The number of anilines is 1. The van der Waals surface area contributed by atoms with Gasteiger partial charge in [-0.3, -0.25) is 9.59 Å². The first-order chi connectivity index (χ1) is 13.7. The number of carbonyl (C=O) groups is 2. The Bertz CT molecular complexity index is 1010.